The second-order valence-corrected chi connectivity index (χ2v) is 0. The van der Waals surface area contributed by atoms with E-state index in [4.69, 9.17) is 0 Å². The number of rotatable bonds is 0. The average molecular weight is 222 g/mol. The Balaban J connectivity index is -0.00000000267. The van der Waals surface area contributed by atoms with Crippen LogP contribution in [0.2, 0.25) is 0 Å². The van der Waals surface area contributed by atoms with Crippen molar-refractivity contribution in [2.24, 2.45) is 0 Å². The summed E-state index contributed by atoms with van der Waals surface area (Å²) in [4.78, 5) is 0. The van der Waals surface area contributed by atoms with Crippen molar-refractivity contribution in [3.8, 4) is 0 Å². The predicted molar refractivity (Wildman–Crippen MR) is 36.6 cm³/mol. The third-order valence-corrected chi connectivity index (χ3v) is 0. The van der Waals surface area contributed by atoms with Crippen LogP contribution in [-0.4, -0.2) is 0 Å². The van der Waals surface area contributed by atoms with Gasteiger partial charge in [-0.25, -0.2) is 0 Å². The summed E-state index contributed by atoms with van der Waals surface area (Å²) in [5.41, 5.74) is 0. The molecule has 0 atom stereocenters. The SMILES string of the molecule is Cl.Cl.[CH2-]C.[CH2-]C.[Zr+2]. The van der Waals surface area contributed by atoms with Crippen LogP contribution in [-0.2, 0) is 26.2 Å². The zero-order valence-corrected chi connectivity index (χ0v) is 8.82. The summed E-state index contributed by atoms with van der Waals surface area (Å²) in [6.07, 6.45) is 0. The second kappa shape index (κ2) is 146. The van der Waals surface area contributed by atoms with Crippen LogP contribution in [0.5, 0.6) is 0 Å². The van der Waals surface area contributed by atoms with Crippen LogP contribution in [0.3, 0.4) is 0 Å². The third-order valence-electron chi connectivity index (χ3n) is 0. The largest absolute Gasteiger partial charge is 2.00 e. The van der Waals surface area contributed by atoms with Gasteiger partial charge in [0.05, 0.1) is 0 Å². The molecule has 0 aliphatic rings. The van der Waals surface area contributed by atoms with E-state index in [1.807, 2.05) is 0 Å². The quantitative estimate of drug-likeness (QED) is 0.552. The Labute approximate surface area is 78.4 Å². The molecule has 0 aliphatic carbocycles. The molecule has 0 radical (unpaired) electrons. The van der Waals surface area contributed by atoms with Crippen LogP contribution in [0, 0.1) is 13.8 Å². The van der Waals surface area contributed by atoms with Crippen molar-refractivity contribution in [3.05, 3.63) is 13.8 Å². The second-order valence-electron chi connectivity index (χ2n) is 0. The van der Waals surface area contributed by atoms with E-state index in [0.29, 0.717) is 0 Å². The van der Waals surface area contributed by atoms with E-state index >= 15 is 0 Å². The maximum absolute atomic E-state index is 3.25. The Morgan fingerprint density at radius 2 is 0.714 bits per heavy atom. The standard InChI is InChI=1S/2C2H5.2ClH.Zr/c2*1-2;;;/h2*1H2,2H3;2*1H;/q2*-1;;;+2. The molecule has 0 saturated heterocycles. The minimum atomic E-state index is 0. The van der Waals surface area contributed by atoms with E-state index in [2.05, 4.69) is 13.8 Å². The molecule has 0 spiro atoms. The van der Waals surface area contributed by atoms with Crippen molar-refractivity contribution in [2.75, 3.05) is 0 Å². The molecule has 0 bridgehead atoms. The number of hydrogen-bond donors (Lipinski definition) is 0. The van der Waals surface area contributed by atoms with Crippen molar-refractivity contribution in [3.63, 3.8) is 0 Å². The van der Waals surface area contributed by atoms with Gasteiger partial charge < -0.3 is 13.8 Å². The fourth-order valence-electron chi connectivity index (χ4n) is 0. The average Bonchev–Trinajstić information content (AvgIpc) is 1.50. The van der Waals surface area contributed by atoms with Crippen LogP contribution in [0.1, 0.15) is 13.8 Å². The van der Waals surface area contributed by atoms with Gasteiger partial charge >= 0.3 is 26.2 Å². The summed E-state index contributed by atoms with van der Waals surface area (Å²) in [7, 11) is 0. The predicted octanol–water partition coefficient (Wildman–Crippen LogP) is 2.52. The summed E-state index contributed by atoms with van der Waals surface area (Å²) in [6, 6.07) is 0. The third kappa shape index (κ3) is 104. The monoisotopic (exact) mass is 220 g/mol. The van der Waals surface area contributed by atoms with E-state index in [9.17, 15) is 0 Å². The first kappa shape index (κ1) is 39.3. The van der Waals surface area contributed by atoms with Crippen LogP contribution < -0.4 is 0 Å². The molecule has 0 aromatic carbocycles. The minimum absolute atomic E-state index is 0. The van der Waals surface area contributed by atoms with E-state index in [1.165, 1.54) is 0 Å². The van der Waals surface area contributed by atoms with E-state index in [0.717, 1.165) is 0 Å². The van der Waals surface area contributed by atoms with Crippen molar-refractivity contribution in [2.45, 2.75) is 13.8 Å². The first-order valence-corrected chi connectivity index (χ1v) is 1.41. The molecule has 0 nitrogen and oxygen atoms in total. The van der Waals surface area contributed by atoms with Gasteiger partial charge in [0, 0.05) is 0 Å². The van der Waals surface area contributed by atoms with Crippen LogP contribution in [0.4, 0.5) is 0 Å². The smallest absolute Gasteiger partial charge is 0.346 e. The molecule has 3 heteroatoms. The van der Waals surface area contributed by atoms with E-state index in [-0.39, 0.29) is 51.0 Å². The Kier molecular flexibility index (Phi) is 818. The Morgan fingerprint density at radius 1 is 0.714 bits per heavy atom. The van der Waals surface area contributed by atoms with Crippen LogP contribution in [0.15, 0.2) is 0 Å². The molecule has 0 heterocycles. The van der Waals surface area contributed by atoms with Gasteiger partial charge in [-0.05, 0) is 0 Å². The zero-order chi connectivity index (χ0) is 4.00. The number of hydrogen-bond acceptors (Lipinski definition) is 0. The van der Waals surface area contributed by atoms with Gasteiger partial charge in [-0.2, -0.15) is 13.8 Å². The van der Waals surface area contributed by atoms with Gasteiger partial charge in [0.25, 0.3) is 0 Å². The molecule has 0 aliphatic heterocycles. The Bertz CT molecular complexity index is 9.65. The molecule has 0 aromatic rings. The molecule has 0 unspecified atom stereocenters. The van der Waals surface area contributed by atoms with E-state index < -0.39 is 0 Å². The summed E-state index contributed by atoms with van der Waals surface area (Å²) < 4.78 is 0. The molecule has 0 aromatic heterocycles. The van der Waals surface area contributed by atoms with Crippen molar-refractivity contribution in [1.82, 2.24) is 0 Å². The zero-order valence-electron chi connectivity index (χ0n) is 4.73. The molecule has 0 amide bonds. The minimum Gasteiger partial charge on any atom is -0.346 e. The van der Waals surface area contributed by atoms with Gasteiger partial charge in [0.1, 0.15) is 0 Å². The Morgan fingerprint density at radius 3 is 0.714 bits per heavy atom. The fraction of sp³-hybridized carbons (Fsp3) is 0.500. The Hall–Kier alpha value is 1.46. The molecule has 0 fully saturated rings. The van der Waals surface area contributed by atoms with Crippen molar-refractivity contribution >= 4 is 24.8 Å². The van der Waals surface area contributed by atoms with Crippen molar-refractivity contribution < 1.29 is 26.2 Å². The van der Waals surface area contributed by atoms with Gasteiger partial charge in [0.2, 0.25) is 0 Å². The molecule has 0 saturated carbocycles. The maximum Gasteiger partial charge on any atom is 2.00 e. The van der Waals surface area contributed by atoms with Crippen molar-refractivity contribution in [1.29, 1.82) is 0 Å². The van der Waals surface area contributed by atoms with E-state index in [1.54, 1.807) is 13.8 Å². The van der Waals surface area contributed by atoms with Gasteiger partial charge in [-0.1, -0.05) is 0 Å². The van der Waals surface area contributed by atoms with Crippen LogP contribution in [0.25, 0.3) is 0 Å². The summed E-state index contributed by atoms with van der Waals surface area (Å²) in [5.74, 6) is 0. The first-order chi connectivity index (χ1) is 2.00. The number of halogens is 2. The normalized spacial score (nSPS) is 1.71. The maximum atomic E-state index is 3.25. The molecule has 0 rings (SSSR count). The van der Waals surface area contributed by atoms with Crippen LogP contribution >= 0.6 is 24.8 Å². The molecular formula is C4H12Cl2Zr. The molecule has 46 valence electrons. The van der Waals surface area contributed by atoms with Gasteiger partial charge in [-0.3, -0.25) is 0 Å². The summed E-state index contributed by atoms with van der Waals surface area (Å²) in [5, 5.41) is 0. The topological polar surface area (TPSA) is 0 Å². The fourth-order valence-corrected chi connectivity index (χ4v) is 0. The summed E-state index contributed by atoms with van der Waals surface area (Å²) >= 11 is 0. The molecular weight excluding hydrogens is 210 g/mol. The van der Waals surface area contributed by atoms with Gasteiger partial charge in [-0.15, -0.1) is 24.8 Å². The summed E-state index contributed by atoms with van der Waals surface area (Å²) in [6.45, 7) is 10.0. The van der Waals surface area contributed by atoms with Gasteiger partial charge in [0.15, 0.2) is 0 Å². The molecule has 7 heavy (non-hydrogen) atoms. The first-order valence-electron chi connectivity index (χ1n) is 1.41. The molecule has 0 N–H and O–H groups in total.